The maximum Gasteiger partial charge on any atom is 0.0798 e. The second-order valence-corrected chi connectivity index (χ2v) is 84.8. The number of hydrogen-bond acceptors (Lipinski definition) is 8. The normalized spacial score (nSPS) is 11.3. The Morgan fingerprint density at radius 3 is 0.683 bits per heavy atom. The van der Waals surface area contributed by atoms with E-state index >= 15 is 0 Å². The van der Waals surface area contributed by atoms with Crippen LogP contribution in [-0.4, -0.2) is 104 Å². The summed E-state index contributed by atoms with van der Waals surface area (Å²) >= 11 is 0. The molecule has 0 saturated heterocycles. The SMILES string of the molecule is CC(C)Cc1cc(-c2[c-]cccc2)ncc1[Si](C)(C)C.CC(C)Cc1cc(-c2[c-]cccc2)ncc1[Si](C)(C)C.C[Si](C)(C)c1[c-]c(-c2ccccn2)ccc1.C[Si](C)(C)c1c[c-]c(-c2ccccn2)cc1.C[Si](C)(C)c1c[c-]c(-c2ccccn2)cc1.C[Si](C)(C)c1c[c-]c(-c2ccccn2)cc1.Cc1cc(-c2[c-]cccc2)ncc1[Si](C)(C)C.Cc1cc(-c2[c-]cccc2)ncc1[Si](C)(C)C.[Ir].[Ir].[Ir].[Ir]. The fourth-order valence-electron chi connectivity index (χ4n) is 15.3. The molecule has 4 radical (unpaired) electrons. The minimum atomic E-state index is -1.34. The third-order valence-electron chi connectivity index (χ3n) is 23.0. The quantitative estimate of drug-likeness (QED) is 0.0549. The van der Waals surface area contributed by atoms with Crippen LogP contribution in [0.15, 0.2) is 316 Å². The molecule has 0 aliphatic carbocycles. The summed E-state index contributed by atoms with van der Waals surface area (Å²) in [6.45, 7) is 70.0. The largest absolute Gasteiger partial charge is 0.305 e. The number of aryl methyl sites for hydroxylation is 2. The summed E-state index contributed by atoms with van der Waals surface area (Å²) in [7, 11) is -10.1. The van der Waals surface area contributed by atoms with Crippen LogP contribution in [0.4, 0.5) is 0 Å². The topological polar surface area (TPSA) is 103 Å². The van der Waals surface area contributed by atoms with Crippen LogP contribution in [0.1, 0.15) is 49.9 Å². The zero-order chi connectivity index (χ0) is 101. The first kappa shape index (κ1) is 124. The van der Waals surface area contributed by atoms with Gasteiger partial charge in [0.1, 0.15) is 0 Å². The standard InChI is InChI=1S/2C18H24NSi.2C15H18NSi.4C14H16NSi.4Ir/c2*1-14(2)11-16-12-17(15-9-7-6-8-10-15)19-13-18(16)20(3,4)5;2*1-12-10-14(13-8-6-5-7-9-13)16-11-15(12)17(2,3)4;1-16(2,3)13-8-6-7-12(11-13)14-9-4-5-10-15-14;3*1-16(2,3)13-9-7-12(8-10-13)14-6-4-5-11-15-14;;;;/h2*6-9,12-14H,11H2,1-5H3;2*5-8,10-11H,1-4H3;4-10H,1-3H3;3*4-7,9-11H,1-3H3;;;;/q8*-1;;;;. The van der Waals surface area contributed by atoms with Crippen LogP contribution in [0, 0.1) is 74.2 Å². The third kappa shape index (κ3) is 40.3. The van der Waals surface area contributed by atoms with E-state index in [1.165, 1.54) is 63.7 Å². The van der Waals surface area contributed by atoms with Gasteiger partial charge in [0.05, 0.1) is 40.4 Å². The monoisotopic (exact) mass is 2720 g/mol. The van der Waals surface area contributed by atoms with Gasteiger partial charge in [-0.2, -0.15) is 0 Å². The maximum absolute atomic E-state index is 4.69. The molecule has 20 heteroatoms. The number of aromatic nitrogens is 8. The van der Waals surface area contributed by atoms with Gasteiger partial charge < -0.3 is 39.9 Å². The molecular weight excluding hydrogens is 2570 g/mol. The first-order chi connectivity index (χ1) is 65.0. The van der Waals surface area contributed by atoms with Gasteiger partial charge in [0, 0.05) is 154 Å². The molecule has 0 aliphatic heterocycles. The molecule has 8 aromatic carbocycles. The van der Waals surface area contributed by atoms with E-state index < -0.39 is 64.6 Å². The van der Waals surface area contributed by atoms with Crippen LogP contribution in [0.5, 0.6) is 0 Å². The minimum absolute atomic E-state index is 0. The Balaban J connectivity index is 0.000000285. The van der Waals surface area contributed by atoms with Crippen molar-refractivity contribution in [1.82, 2.24) is 39.9 Å². The van der Waals surface area contributed by atoms with E-state index in [2.05, 4.69) is 433 Å². The fraction of sp³-hybridized carbons (Fsp3) is 0.279. The number of benzene rings is 8. The molecule has 0 amide bonds. The molecule has 752 valence electrons. The van der Waals surface area contributed by atoms with Crippen LogP contribution in [-0.2, 0) is 93.3 Å². The summed E-state index contributed by atoms with van der Waals surface area (Å²) in [6.07, 6.45) is 17.9. The molecule has 0 saturated carbocycles. The van der Waals surface area contributed by atoms with Crippen LogP contribution in [0.25, 0.3) is 90.1 Å². The molecule has 0 unspecified atom stereocenters. The summed E-state index contributed by atoms with van der Waals surface area (Å²) in [4.78, 5) is 35.9. The molecule has 0 bridgehead atoms. The van der Waals surface area contributed by atoms with E-state index in [0.29, 0.717) is 11.8 Å². The van der Waals surface area contributed by atoms with Crippen LogP contribution < -0.4 is 41.5 Å². The number of nitrogens with zero attached hydrogens (tertiary/aromatic N) is 8. The predicted molar refractivity (Wildman–Crippen MR) is 618 cm³/mol. The van der Waals surface area contributed by atoms with E-state index in [9.17, 15) is 0 Å². The number of pyridine rings is 8. The van der Waals surface area contributed by atoms with Gasteiger partial charge in [-0.15, -0.1) is 284 Å². The van der Waals surface area contributed by atoms with Crippen molar-refractivity contribution < 1.29 is 80.4 Å². The van der Waals surface area contributed by atoms with E-state index in [1.54, 1.807) is 0 Å². The number of hydrogen-bond donors (Lipinski definition) is 0. The average molecular weight is 2720 g/mol. The molecule has 0 atom stereocenters. The molecular formula is C122H148Ir4N8Si8-8. The summed E-state index contributed by atoms with van der Waals surface area (Å²) in [5, 5.41) is 11.5. The summed E-state index contributed by atoms with van der Waals surface area (Å²) < 4.78 is 0. The maximum atomic E-state index is 4.69. The Hall–Kier alpha value is -8.71. The molecule has 0 spiro atoms. The van der Waals surface area contributed by atoms with Crippen molar-refractivity contribution in [2.45, 2.75) is 212 Å². The second-order valence-electron chi connectivity index (χ2n) is 44.3. The third-order valence-corrected chi connectivity index (χ3v) is 39.5. The minimum Gasteiger partial charge on any atom is -0.305 e. The Morgan fingerprint density at radius 1 is 0.225 bits per heavy atom. The van der Waals surface area contributed by atoms with Crippen molar-refractivity contribution in [2.24, 2.45) is 11.8 Å². The Morgan fingerprint density at radius 2 is 0.472 bits per heavy atom. The molecule has 0 aliphatic rings. The smallest absolute Gasteiger partial charge is 0.0798 e. The second kappa shape index (κ2) is 57.4. The molecule has 16 rings (SSSR count). The average Bonchev–Trinajstić information content (AvgIpc) is 0.809. The molecule has 8 nitrogen and oxygen atoms in total. The predicted octanol–water partition coefficient (Wildman–Crippen LogP) is 27.8. The van der Waals surface area contributed by atoms with E-state index in [-0.39, 0.29) is 80.4 Å². The Bertz CT molecular complexity index is 5940. The zero-order valence-electron chi connectivity index (χ0n) is 89.5. The summed E-state index contributed by atoms with van der Waals surface area (Å²) in [5.74, 6) is 1.33. The molecule has 16 aromatic rings. The first-order valence-corrected chi connectivity index (χ1v) is 76.6. The molecule has 142 heavy (non-hydrogen) atoms. The van der Waals surface area contributed by atoms with Crippen molar-refractivity contribution in [3.63, 3.8) is 0 Å². The fourth-order valence-corrected chi connectivity index (χ4v) is 26.3. The summed E-state index contributed by atoms with van der Waals surface area (Å²) in [6, 6.07) is 117. The van der Waals surface area contributed by atoms with Crippen LogP contribution >= 0.6 is 0 Å². The zero-order valence-corrected chi connectivity index (χ0v) is 107. The molecule has 0 fully saturated rings. The van der Waals surface area contributed by atoms with Gasteiger partial charge in [-0.1, -0.05) is 280 Å². The van der Waals surface area contributed by atoms with Gasteiger partial charge in [0.25, 0.3) is 0 Å². The Kier molecular flexibility index (Phi) is 50.0. The Labute approximate surface area is 917 Å². The van der Waals surface area contributed by atoms with Gasteiger partial charge >= 0.3 is 0 Å². The van der Waals surface area contributed by atoms with Crippen molar-refractivity contribution in [2.75, 3.05) is 0 Å². The van der Waals surface area contributed by atoms with Crippen molar-refractivity contribution in [3.8, 4) is 90.1 Å². The van der Waals surface area contributed by atoms with E-state index in [1.807, 2.05) is 170 Å². The van der Waals surface area contributed by atoms with Crippen molar-refractivity contribution in [3.05, 3.63) is 387 Å². The molecule has 0 N–H and O–H groups in total. The summed E-state index contributed by atoms with van der Waals surface area (Å²) in [5.41, 5.74) is 22.4. The van der Waals surface area contributed by atoms with E-state index in [4.69, 9.17) is 0 Å². The number of rotatable bonds is 20. The van der Waals surface area contributed by atoms with Gasteiger partial charge in [-0.25, -0.2) is 0 Å². The van der Waals surface area contributed by atoms with Gasteiger partial charge in [-0.05, 0) is 129 Å². The van der Waals surface area contributed by atoms with Gasteiger partial charge in [-0.3, -0.25) is 0 Å². The van der Waals surface area contributed by atoms with Crippen molar-refractivity contribution >= 4 is 106 Å². The van der Waals surface area contributed by atoms with Crippen molar-refractivity contribution in [1.29, 1.82) is 0 Å². The molecule has 8 aromatic heterocycles. The van der Waals surface area contributed by atoms with Crippen LogP contribution in [0.3, 0.4) is 0 Å². The van der Waals surface area contributed by atoms with E-state index in [0.717, 1.165) is 103 Å². The molecule has 8 heterocycles. The first-order valence-electron chi connectivity index (χ1n) is 48.6. The van der Waals surface area contributed by atoms with Gasteiger partial charge in [0.2, 0.25) is 0 Å². The van der Waals surface area contributed by atoms with Crippen LogP contribution in [0.2, 0.25) is 157 Å². The van der Waals surface area contributed by atoms with Gasteiger partial charge in [0.15, 0.2) is 0 Å².